The lowest BCUT2D eigenvalue weighted by atomic mass is 10.1. The van der Waals surface area contributed by atoms with E-state index >= 15 is 0 Å². The van der Waals surface area contributed by atoms with Crippen molar-refractivity contribution in [2.45, 2.75) is 19.4 Å². The van der Waals surface area contributed by atoms with Crippen molar-refractivity contribution in [1.29, 1.82) is 0 Å². The minimum atomic E-state index is -1.33. The summed E-state index contributed by atoms with van der Waals surface area (Å²) < 4.78 is 13.1. The van der Waals surface area contributed by atoms with E-state index in [2.05, 4.69) is 15.3 Å². The van der Waals surface area contributed by atoms with Gasteiger partial charge < -0.3 is 10.4 Å². The highest BCUT2D eigenvalue weighted by atomic mass is 35.5. The van der Waals surface area contributed by atoms with E-state index in [1.807, 2.05) is 0 Å². The molecule has 0 amide bonds. The van der Waals surface area contributed by atoms with Crippen LogP contribution in [-0.2, 0) is 4.79 Å². The Kier molecular flexibility index (Phi) is 3.09. The van der Waals surface area contributed by atoms with Crippen molar-refractivity contribution in [3.8, 4) is 0 Å². The summed E-state index contributed by atoms with van der Waals surface area (Å²) in [7, 11) is 0. The first kappa shape index (κ1) is 11.6. The van der Waals surface area contributed by atoms with Gasteiger partial charge in [0, 0.05) is 0 Å². The van der Waals surface area contributed by atoms with E-state index in [1.165, 1.54) is 13.8 Å². The molecule has 0 aromatic carbocycles. The molecule has 0 radical (unpaired) electrons. The van der Waals surface area contributed by atoms with E-state index in [-0.39, 0.29) is 11.1 Å². The van der Waals surface area contributed by atoms with E-state index in [1.54, 1.807) is 0 Å². The summed E-state index contributed by atoms with van der Waals surface area (Å²) >= 11 is 5.45. The molecule has 1 rings (SSSR count). The van der Waals surface area contributed by atoms with Crippen LogP contribution in [0.2, 0.25) is 5.28 Å². The monoisotopic (exact) mass is 233 g/mol. The van der Waals surface area contributed by atoms with Gasteiger partial charge in [0.2, 0.25) is 5.28 Å². The molecule has 0 fully saturated rings. The number of rotatable bonds is 3. The van der Waals surface area contributed by atoms with Crippen LogP contribution in [0.4, 0.5) is 10.2 Å². The fourth-order valence-corrected chi connectivity index (χ4v) is 0.916. The van der Waals surface area contributed by atoms with Gasteiger partial charge >= 0.3 is 5.97 Å². The highest BCUT2D eigenvalue weighted by molar-refractivity contribution is 6.28. The van der Waals surface area contributed by atoms with Crippen molar-refractivity contribution in [2.75, 3.05) is 5.32 Å². The van der Waals surface area contributed by atoms with Gasteiger partial charge in [0.15, 0.2) is 11.6 Å². The Balaban J connectivity index is 2.99. The zero-order chi connectivity index (χ0) is 11.6. The SMILES string of the molecule is CC(C)(Nc1nc(Cl)ncc1F)C(=O)O. The molecule has 0 aliphatic heterocycles. The molecular formula is C8H9ClFN3O2. The van der Waals surface area contributed by atoms with Gasteiger partial charge in [-0.3, -0.25) is 0 Å². The predicted octanol–water partition coefficient (Wildman–Crippen LogP) is 1.54. The predicted molar refractivity (Wildman–Crippen MR) is 52.3 cm³/mol. The molecule has 0 bridgehead atoms. The Morgan fingerprint density at radius 1 is 1.67 bits per heavy atom. The zero-order valence-corrected chi connectivity index (χ0v) is 8.84. The van der Waals surface area contributed by atoms with Crippen LogP contribution >= 0.6 is 11.6 Å². The third-order valence-electron chi connectivity index (χ3n) is 1.68. The van der Waals surface area contributed by atoms with Gasteiger partial charge in [0.25, 0.3) is 0 Å². The molecule has 15 heavy (non-hydrogen) atoms. The number of nitrogens with zero attached hydrogens (tertiary/aromatic N) is 2. The van der Waals surface area contributed by atoms with Crippen LogP contribution in [0.1, 0.15) is 13.8 Å². The van der Waals surface area contributed by atoms with E-state index in [0.717, 1.165) is 6.20 Å². The van der Waals surface area contributed by atoms with Gasteiger partial charge in [-0.05, 0) is 25.4 Å². The first-order valence-electron chi connectivity index (χ1n) is 4.02. The fraction of sp³-hybridized carbons (Fsp3) is 0.375. The normalized spacial score (nSPS) is 11.2. The number of nitrogens with one attached hydrogen (secondary N) is 1. The summed E-state index contributed by atoms with van der Waals surface area (Å²) in [6.45, 7) is 2.76. The van der Waals surface area contributed by atoms with Crippen LogP contribution in [-0.4, -0.2) is 26.6 Å². The number of carboxylic acids is 1. The number of hydrogen-bond acceptors (Lipinski definition) is 4. The standard InChI is InChI=1S/C8H9ClFN3O2/c1-8(2,6(14)15)13-5-4(10)3-11-7(9)12-5/h3H,1-2H3,(H,14,15)(H,11,12,13). The molecule has 0 spiro atoms. The summed E-state index contributed by atoms with van der Waals surface area (Å²) in [4.78, 5) is 17.7. The lowest BCUT2D eigenvalue weighted by Gasteiger charge is -2.21. The summed E-state index contributed by atoms with van der Waals surface area (Å²) in [5.41, 5.74) is -1.33. The largest absolute Gasteiger partial charge is 0.480 e. The van der Waals surface area contributed by atoms with E-state index in [9.17, 15) is 9.18 Å². The Morgan fingerprint density at radius 2 is 2.27 bits per heavy atom. The van der Waals surface area contributed by atoms with Crippen LogP contribution in [0.5, 0.6) is 0 Å². The van der Waals surface area contributed by atoms with Crippen molar-refractivity contribution in [3.63, 3.8) is 0 Å². The quantitative estimate of drug-likeness (QED) is 0.775. The third-order valence-corrected chi connectivity index (χ3v) is 1.86. The van der Waals surface area contributed by atoms with Gasteiger partial charge in [-0.25, -0.2) is 14.2 Å². The Labute approximate surface area is 90.3 Å². The maximum atomic E-state index is 13.1. The lowest BCUT2D eigenvalue weighted by molar-refractivity contribution is -0.141. The molecule has 0 aliphatic carbocycles. The lowest BCUT2D eigenvalue weighted by Crippen LogP contribution is -2.40. The molecule has 0 aliphatic rings. The molecule has 1 aromatic heterocycles. The maximum Gasteiger partial charge on any atom is 0.328 e. The van der Waals surface area contributed by atoms with Crippen molar-refractivity contribution in [2.24, 2.45) is 0 Å². The van der Waals surface area contributed by atoms with Crippen molar-refractivity contribution >= 4 is 23.4 Å². The summed E-state index contributed by atoms with van der Waals surface area (Å²) in [6, 6.07) is 0. The summed E-state index contributed by atoms with van der Waals surface area (Å²) in [6.07, 6.45) is 0.871. The Morgan fingerprint density at radius 3 is 2.80 bits per heavy atom. The first-order chi connectivity index (χ1) is 6.83. The topological polar surface area (TPSA) is 75.1 Å². The Hall–Kier alpha value is -1.43. The molecule has 0 atom stereocenters. The number of hydrogen-bond donors (Lipinski definition) is 2. The molecule has 1 heterocycles. The molecular weight excluding hydrogens is 225 g/mol. The molecule has 5 nitrogen and oxygen atoms in total. The average molecular weight is 234 g/mol. The van der Waals surface area contributed by atoms with Crippen molar-refractivity contribution < 1.29 is 14.3 Å². The number of halogens is 2. The smallest absolute Gasteiger partial charge is 0.328 e. The van der Waals surface area contributed by atoms with Crippen molar-refractivity contribution in [1.82, 2.24) is 9.97 Å². The summed E-state index contributed by atoms with van der Waals surface area (Å²) in [5, 5.41) is 11.1. The van der Waals surface area contributed by atoms with Crippen LogP contribution in [0.25, 0.3) is 0 Å². The highest BCUT2D eigenvalue weighted by Crippen LogP contribution is 2.17. The molecule has 2 N–H and O–H groups in total. The second-order valence-electron chi connectivity index (χ2n) is 3.39. The summed E-state index contributed by atoms with van der Waals surface area (Å²) in [5.74, 6) is -2.12. The van der Waals surface area contributed by atoms with E-state index in [0.29, 0.717) is 0 Å². The number of anilines is 1. The van der Waals surface area contributed by atoms with Gasteiger partial charge in [0.1, 0.15) is 5.54 Å². The van der Waals surface area contributed by atoms with E-state index in [4.69, 9.17) is 16.7 Å². The van der Waals surface area contributed by atoms with Gasteiger partial charge in [-0.2, -0.15) is 4.98 Å². The van der Waals surface area contributed by atoms with Crippen molar-refractivity contribution in [3.05, 3.63) is 17.3 Å². The van der Waals surface area contributed by atoms with Crippen LogP contribution in [0.15, 0.2) is 6.20 Å². The number of aliphatic carboxylic acids is 1. The number of aromatic nitrogens is 2. The number of carboxylic acid groups (broad SMARTS) is 1. The van der Waals surface area contributed by atoms with E-state index < -0.39 is 17.3 Å². The first-order valence-corrected chi connectivity index (χ1v) is 4.40. The average Bonchev–Trinajstić information content (AvgIpc) is 2.10. The van der Waals surface area contributed by atoms with Gasteiger partial charge in [-0.1, -0.05) is 0 Å². The maximum absolute atomic E-state index is 13.1. The molecule has 1 aromatic rings. The van der Waals surface area contributed by atoms with Crippen LogP contribution in [0.3, 0.4) is 0 Å². The highest BCUT2D eigenvalue weighted by Gasteiger charge is 2.28. The van der Waals surface area contributed by atoms with Crippen LogP contribution in [0, 0.1) is 5.82 Å². The van der Waals surface area contributed by atoms with Crippen LogP contribution < -0.4 is 5.32 Å². The fourth-order valence-electron chi connectivity index (χ4n) is 0.783. The molecule has 0 saturated heterocycles. The zero-order valence-electron chi connectivity index (χ0n) is 8.08. The second-order valence-corrected chi connectivity index (χ2v) is 3.73. The molecule has 0 unspecified atom stereocenters. The molecule has 7 heteroatoms. The minimum Gasteiger partial charge on any atom is -0.480 e. The Bertz CT molecular complexity index is 397. The van der Waals surface area contributed by atoms with Gasteiger partial charge in [-0.15, -0.1) is 0 Å². The minimum absolute atomic E-state index is 0.153. The third kappa shape index (κ3) is 2.76. The second kappa shape index (κ2) is 3.98. The molecule has 0 saturated carbocycles. The van der Waals surface area contributed by atoms with Gasteiger partial charge in [0.05, 0.1) is 6.20 Å². The number of carbonyl (C=O) groups is 1. The molecule has 82 valence electrons.